The Balaban J connectivity index is 1.55. The molecule has 2 bridgehead atoms. The summed E-state index contributed by atoms with van der Waals surface area (Å²) in [5.41, 5.74) is -2.67. The van der Waals surface area contributed by atoms with Gasteiger partial charge >= 0.3 is 6.18 Å². The van der Waals surface area contributed by atoms with Crippen LogP contribution in [0.4, 0.5) is 22.0 Å². The number of morpholine rings is 1. The third kappa shape index (κ3) is 3.36. The normalized spacial score (nSPS) is 19.6. The lowest BCUT2D eigenvalue weighted by Crippen LogP contribution is -2.56. The zero-order chi connectivity index (χ0) is 24.2. The first-order valence-corrected chi connectivity index (χ1v) is 9.96. The Kier molecular flexibility index (Phi) is 5.19. The number of fused-ring (bicyclic) bond motifs is 4. The summed E-state index contributed by atoms with van der Waals surface area (Å²) in [4.78, 5) is 21.5. The highest BCUT2D eigenvalue weighted by Crippen LogP contribution is 2.38. The van der Waals surface area contributed by atoms with Crippen LogP contribution in [-0.4, -0.2) is 61.9 Å². The Morgan fingerprint density at radius 3 is 2.62 bits per heavy atom. The zero-order valence-electron chi connectivity index (χ0n) is 17.4. The van der Waals surface area contributed by atoms with Crippen molar-refractivity contribution in [1.29, 1.82) is 0 Å². The highest BCUT2D eigenvalue weighted by Gasteiger charge is 2.46. The molecule has 1 saturated heterocycles. The summed E-state index contributed by atoms with van der Waals surface area (Å²) >= 11 is 0. The molecule has 9 nitrogen and oxygen atoms in total. The largest absolute Gasteiger partial charge is 0.494 e. The van der Waals surface area contributed by atoms with Gasteiger partial charge in [-0.2, -0.15) is 13.2 Å². The smallest absolute Gasteiger partial charge is 0.436 e. The molecule has 178 valence electrons. The van der Waals surface area contributed by atoms with Crippen molar-refractivity contribution in [3.8, 4) is 17.3 Å². The molecule has 0 aliphatic carbocycles. The lowest BCUT2D eigenvalue weighted by molar-refractivity contribution is -0.143. The fraction of sp³-hybridized carbons (Fsp3) is 0.350. The van der Waals surface area contributed by atoms with Crippen LogP contribution >= 0.6 is 0 Å². The van der Waals surface area contributed by atoms with Crippen LogP contribution < -0.4 is 4.74 Å². The Hall–Kier alpha value is -3.68. The van der Waals surface area contributed by atoms with Crippen LogP contribution in [0, 0.1) is 11.6 Å². The first-order valence-electron chi connectivity index (χ1n) is 9.96. The fourth-order valence-corrected chi connectivity index (χ4v) is 4.19. The molecule has 5 heterocycles. The molecule has 5 rings (SSSR count). The van der Waals surface area contributed by atoms with E-state index in [1.54, 1.807) is 4.57 Å². The number of rotatable bonds is 3. The van der Waals surface area contributed by atoms with E-state index < -0.39 is 47.1 Å². The third-order valence-corrected chi connectivity index (χ3v) is 5.69. The summed E-state index contributed by atoms with van der Waals surface area (Å²) < 4.78 is 80.8. The lowest BCUT2D eigenvalue weighted by atomic mass is 10.0. The summed E-state index contributed by atoms with van der Waals surface area (Å²) in [6.07, 6.45) is -3.00. The molecule has 0 aromatic carbocycles. The Bertz CT molecular complexity index is 1280. The van der Waals surface area contributed by atoms with E-state index in [1.807, 2.05) is 0 Å². The van der Waals surface area contributed by atoms with Crippen molar-refractivity contribution < 1.29 is 36.2 Å². The molecule has 2 aliphatic heterocycles. The van der Waals surface area contributed by atoms with E-state index in [2.05, 4.69) is 20.2 Å². The quantitative estimate of drug-likeness (QED) is 0.530. The van der Waals surface area contributed by atoms with E-state index in [-0.39, 0.29) is 42.9 Å². The lowest BCUT2D eigenvalue weighted by Gasteiger charge is -2.45. The van der Waals surface area contributed by atoms with Gasteiger partial charge in [0.2, 0.25) is 0 Å². The minimum absolute atomic E-state index is 0.0200. The Labute approximate surface area is 188 Å². The van der Waals surface area contributed by atoms with Crippen LogP contribution in [0.15, 0.2) is 24.5 Å². The van der Waals surface area contributed by atoms with Gasteiger partial charge in [-0.3, -0.25) is 4.79 Å². The monoisotopic (exact) mass is 482 g/mol. The number of hydrogen-bond donors (Lipinski definition) is 0. The number of methoxy groups -OCH3 is 1. The molecule has 0 spiro atoms. The second-order valence-corrected chi connectivity index (χ2v) is 7.61. The van der Waals surface area contributed by atoms with Gasteiger partial charge in [-0.1, -0.05) is 0 Å². The van der Waals surface area contributed by atoms with Crippen molar-refractivity contribution in [2.75, 3.05) is 20.3 Å². The molecule has 2 aliphatic rings. The number of carbonyl (C=O) groups excluding carboxylic acids is 1. The second-order valence-electron chi connectivity index (χ2n) is 7.61. The number of halogens is 5. The number of pyridine rings is 2. The summed E-state index contributed by atoms with van der Waals surface area (Å²) in [7, 11) is 1.30. The molecular formula is C20H15F5N6O3. The predicted octanol–water partition coefficient (Wildman–Crippen LogP) is 2.64. The minimum atomic E-state index is -5.07. The average Bonchev–Trinajstić information content (AvgIpc) is 3.21. The summed E-state index contributed by atoms with van der Waals surface area (Å²) in [6.45, 7) is -0.0174. The topological polar surface area (TPSA) is 95.3 Å². The van der Waals surface area contributed by atoms with Crippen molar-refractivity contribution in [2.24, 2.45) is 0 Å². The van der Waals surface area contributed by atoms with Crippen LogP contribution in [0.1, 0.15) is 27.9 Å². The van der Waals surface area contributed by atoms with Crippen LogP contribution in [0.2, 0.25) is 0 Å². The van der Waals surface area contributed by atoms with Gasteiger partial charge in [-0.15, -0.1) is 10.2 Å². The molecule has 34 heavy (non-hydrogen) atoms. The summed E-state index contributed by atoms with van der Waals surface area (Å²) in [6, 6.07) is 0.637. The van der Waals surface area contributed by atoms with Crippen molar-refractivity contribution in [2.45, 2.75) is 24.8 Å². The summed E-state index contributed by atoms with van der Waals surface area (Å²) in [5.74, 6) is -3.23. The van der Waals surface area contributed by atoms with Crippen LogP contribution in [0.5, 0.6) is 5.75 Å². The van der Waals surface area contributed by atoms with Gasteiger partial charge in [-0.25, -0.2) is 18.7 Å². The highest BCUT2D eigenvalue weighted by atomic mass is 19.4. The van der Waals surface area contributed by atoms with Crippen LogP contribution in [-0.2, 0) is 17.5 Å². The first kappa shape index (κ1) is 22.1. The maximum atomic E-state index is 14.8. The number of aromatic nitrogens is 5. The average molecular weight is 482 g/mol. The van der Waals surface area contributed by atoms with Gasteiger partial charge in [0.15, 0.2) is 34.7 Å². The van der Waals surface area contributed by atoms with Crippen LogP contribution in [0.3, 0.4) is 0 Å². The van der Waals surface area contributed by atoms with E-state index >= 15 is 0 Å². The second kappa shape index (κ2) is 7.97. The van der Waals surface area contributed by atoms with Crippen LogP contribution in [0.25, 0.3) is 11.5 Å². The van der Waals surface area contributed by atoms with Gasteiger partial charge in [0.25, 0.3) is 5.91 Å². The van der Waals surface area contributed by atoms with Crippen molar-refractivity contribution in [3.05, 3.63) is 53.2 Å². The van der Waals surface area contributed by atoms with Gasteiger partial charge in [-0.05, 0) is 6.07 Å². The Morgan fingerprint density at radius 2 is 1.88 bits per heavy atom. The van der Waals surface area contributed by atoms with Gasteiger partial charge < -0.3 is 18.9 Å². The molecule has 14 heteroatoms. The Morgan fingerprint density at radius 1 is 1.12 bits per heavy atom. The fourth-order valence-electron chi connectivity index (χ4n) is 4.19. The van der Waals surface area contributed by atoms with Gasteiger partial charge in [0.1, 0.15) is 11.7 Å². The maximum Gasteiger partial charge on any atom is 0.436 e. The number of amides is 1. The molecule has 1 fully saturated rings. The van der Waals surface area contributed by atoms with Crippen molar-refractivity contribution >= 4 is 5.91 Å². The number of ether oxygens (including phenoxy) is 2. The number of alkyl halides is 3. The highest BCUT2D eigenvalue weighted by molar-refractivity contribution is 5.95. The van der Waals surface area contributed by atoms with Crippen molar-refractivity contribution in [1.82, 2.24) is 29.6 Å². The molecule has 2 atom stereocenters. The molecule has 2 unspecified atom stereocenters. The van der Waals surface area contributed by atoms with E-state index in [0.29, 0.717) is 0 Å². The summed E-state index contributed by atoms with van der Waals surface area (Å²) in [5, 5.41) is 8.09. The van der Waals surface area contributed by atoms with Gasteiger partial charge in [0, 0.05) is 25.0 Å². The number of carbonyl (C=O) groups is 1. The number of nitrogens with zero attached hydrogens (tertiary/aromatic N) is 6. The molecule has 3 aromatic rings. The van der Waals surface area contributed by atoms with Gasteiger partial charge in [0.05, 0.1) is 31.9 Å². The van der Waals surface area contributed by atoms with E-state index in [4.69, 9.17) is 9.47 Å². The standard InChI is InChI=1S/C20H15F5N6O3/c1-33-12-3-5-26-15(14(12)22)18-29-28-17-11-8-34-7-9(6-30(17)18)31(11)19(32)10-2-4-27-16(13(10)21)20(23,24)25/h2-5,9,11H,6-8H2,1H3. The SMILES string of the molecule is COc1ccnc(-c2nnc3n2CC2COCC3N2C(=O)c2ccnc(C(F)(F)F)c2F)c1F. The number of hydrogen-bond acceptors (Lipinski definition) is 7. The van der Waals surface area contributed by atoms with E-state index in [9.17, 15) is 26.7 Å². The van der Waals surface area contributed by atoms with Crippen molar-refractivity contribution in [3.63, 3.8) is 0 Å². The zero-order valence-corrected chi connectivity index (χ0v) is 17.4. The molecule has 0 radical (unpaired) electrons. The minimum Gasteiger partial charge on any atom is -0.494 e. The molecule has 0 N–H and O–H groups in total. The van der Waals surface area contributed by atoms with E-state index in [0.717, 1.165) is 12.3 Å². The van der Waals surface area contributed by atoms with E-state index in [1.165, 1.54) is 24.3 Å². The third-order valence-electron chi connectivity index (χ3n) is 5.69. The molecule has 3 aromatic heterocycles. The molecular weight excluding hydrogens is 467 g/mol. The first-order chi connectivity index (χ1) is 16.2. The predicted molar refractivity (Wildman–Crippen MR) is 102 cm³/mol. The molecule has 1 amide bonds. The molecule has 0 saturated carbocycles. The maximum absolute atomic E-state index is 14.8.